The molecule has 0 amide bonds. The monoisotopic (exact) mass is 313 g/mol. The highest BCUT2D eigenvalue weighted by Crippen LogP contribution is 2.13. The molecule has 1 N–H and O–H groups in total. The molecule has 0 aliphatic carbocycles. The zero-order valence-corrected chi connectivity index (χ0v) is 15.8. The fourth-order valence-electron chi connectivity index (χ4n) is 2.95. The molecule has 134 valence electrons. The summed E-state index contributed by atoms with van der Waals surface area (Å²) in [5, 5.41) is 9.85. The van der Waals surface area contributed by atoms with Crippen LogP contribution in [0.15, 0.2) is 0 Å². The van der Waals surface area contributed by atoms with Gasteiger partial charge >= 0.3 is 0 Å². The van der Waals surface area contributed by atoms with Crippen molar-refractivity contribution >= 4 is 0 Å². The summed E-state index contributed by atoms with van der Waals surface area (Å²) >= 11 is 0. The van der Waals surface area contributed by atoms with Crippen LogP contribution in [0.2, 0.25) is 0 Å². The molecule has 1 atom stereocenters. The summed E-state index contributed by atoms with van der Waals surface area (Å²) in [4.78, 5) is 2.15. The summed E-state index contributed by atoms with van der Waals surface area (Å²) < 4.78 is 0. The van der Waals surface area contributed by atoms with Gasteiger partial charge in [0.2, 0.25) is 0 Å². The molecule has 0 aromatic carbocycles. The van der Waals surface area contributed by atoms with Crippen LogP contribution < -0.4 is 0 Å². The molecule has 2 heteroatoms. The van der Waals surface area contributed by atoms with Crippen molar-refractivity contribution in [2.45, 2.75) is 109 Å². The van der Waals surface area contributed by atoms with Crippen molar-refractivity contribution in [3.8, 4) is 0 Å². The van der Waals surface area contributed by atoms with Gasteiger partial charge in [0.1, 0.15) is 0 Å². The second-order valence-electron chi connectivity index (χ2n) is 7.28. The van der Waals surface area contributed by atoms with Crippen LogP contribution in [-0.4, -0.2) is 36.8 Å². The number of nitrogens with zero attached hydrogens (tertiary/aromatic N) is 1. The molecular weight excluding hydrogens is 270 g/mol. The van der Waals surface area contributed by atoms with Crippen LogP contribution in [0.3, 0.4) is 0 Å². The van der Waals surface area contributed by atoms with Crippen LogP contribution in [0.1, 0.15) is 103 Å². The average molecular weight is 314 g/mol. The topological polar surface area (TPSA) is 23.5 Å². The van der Waals surface area contributed by atoms with Gasteiger partial charge in [0, 0.05) is 0 Å². The Morgan fingerprint density at radius 3 is 1.45 bits per heavy atom. The molecule has 0 aromatic rings. The molecule has 0 aliphatic heterocycles. The van der Waals surface area contributed by atoms with Gasteiger partial charge in [-0.15, -0.1) is 0 Å². The second kappa shape index (κ2) is 17.3. The largest absolute Gasteiger partial charge is 0.393 e. The maximum Gasteiger partial charge on any atom is 0.0552 e. The van der Waals surface area contributed by atoms with Crippen molar-refractivity contribution in [1.82, 2.24) is 4.90 Å². The third-order valence-electron chi connectivity index (χ3n) is 4.55. The predicted molar refractivity (Wildman–Crippen MR) is 99.5 cm³/mol. The first-order chi connectivity index (χ1) is 10.7. The van der Waals surface area contributed by atoms with Crippen LogP contribution in [0, 0.1) is 0 Å². The molecule has 0 fully saturated rings. The minimum atomic E-state index is -0.0879. The fourth-order valence-corrected chi connectivity index (χ4v) is 2.95. The van der Waals surface area contributed by atoms with Crippen molar-refractivity contribution < 1.29 is 5.11 Å². The minimum Gasteiger partial charge on any atom is -0.393 e. The first-order valence-electron chi connectivity index (χ1n) is 9.99. The molecule has 0 bridgehead atoms. The van der Waals surface area contributed by atoms with Crippen LogP contribution in [0.5, 0.6) is 0 Å². The van der Waals surface area contributed by atoms with Crippen LogP contribution in [-0.2, 0) is 0 Å². The SMILES string of the molecule is CCCCCCCCCCCCCCCC(O)CCN(C)C. The standard InChI is InChI=1S/C20H43NO/c1-4-5-6-7-8-9-10-11-12-13-14-15-16-17-20(22)18-19-21(2)3/h20,22H,4-19H2,1-3H3. The highest BCUT2D eigenvalue weighted by atomic mass is 16.3. The molecular formula is C20H43NO. The van der Waals surface area contributed by atoms with Gasteiger partial charge in [0.15, 0.2) is 0 Å². The van der Waals surface area contributed by atoms with E-state index in [4.69, 9.17) is 0 Å². The van der Waals surface area contributed by atoms with Crippen molar-refractivity contribution in [2.24, 2.45) is 0 Å². The van der Waals surface area contributed by atoms with Gasteiger partial charge in [0.05, 0.1) is 6.10 Å². The molecule has 2 nitrogen and oxygen atoms in total. The Balaban J connectivity index is 3.08. The highest BCUT2D eigenvalue weighted by Gasteiger charge is 2.04. The Hall–Kier alpha value is -0.0800. The van der Waals surface area contributed by atoms with E-state index < -0.39 is 0 Å². The van der Waals surface area contributed by atoms with Gasteiger partial charge in [-0.2, -0.15) is 0 Å². The molecule has 0 rings (SSSR count). The van der Waals surface area contributed by atoms with E-state index in [1.54, 1.807) is 0 Å². The number of hydrogen-bond donors (Lipinski definition) is 1. The maximum absolute atomic E-state index is 9.85. The Morgan fingerprint density at radius 2 is 1.05 bits per heavy atom. The van der Waals surface area contributed by atoms with Crippen LogP contribution >= 0.6 is 0 Å². The second-order valence-corrected chi connectivity index (χ2v) is 7.28. The van der Waals surface area contributed by atoms with Crippen molar-refractivity contribution in [1.29, 1.82) is 0 Å². The maximum atomic E-state index is 9.85. The number of hydrogen-bond acceptors (Lipinski definition) is 2. The molecule has 1 unspecified atom stereocenters. The summed E-state index contributed by atoms with van der Waals surface area (Å²) in [5.74, 6) is 0. The molecule has 22 heavy (non-hydrogen) atoms. The molecule has 0 saturated heterocycles. The van der Waals surface area contributed by atoms with Gasteiger partial charge in [-0.05, 0) is 33.5 Å². The fraction of sp³-hybridized carbons (Fsp3) is 1.00. The molecule has 0 radical (unpaired) electrons. The number of rotatable bonds is 17. The van der Waals surface area contributed by atoms with E-state index in [0.29, 0.717) is 0 Å². The molecule has 0 heterocycles. The lowest BCUT2D eigenvalue weighted by Gasteiger charge is -2.14. The summed E-state index contributed by atoms with van der Waals surface area (Å²) in [6.45, 7) is 3.28. The smallest absolute Gasteiger partial charge is 0.0552 e. The van der Waals surface area contributed by atoms with Gasteiger partial charge in [-0.25, -0.2) is 0 Å². The van der Waals surface area contributed by atoms with E-state index >= 15 is 0 Å². The summed E-state index contributed by atoms with van der Waals surface area (Å²) in [5.41, 5.74) is 0. The number of aliphatic hydroxyl groups excluding tert-OH is 1. The Kier molecular flexibility index (Phi) is 17.2. The molecule has 0 spiro atoms. The normalized spacial score (nSPS) is 13.0. The summed E-state index contributed by atoms with van der Waals surface area (Å²) in [6.07, 6.45) is 19.9. The molecule has 0 aliphatic rings. The van der Waals surface area contributed by atoms with Gasteiger partial charge in [-0.3, -0.25) is 0 Å². The zero-order chi connectivity index (χ0) is 16.5. The lowest BCUT2D eigenvalue weighted by molar-refractivity contribution is 0.139. The van der Waals surface area contributed by atoms with Crippen LogP contribution in [0.25, 0.3) is 0 Å². The zero-order valence-electron chi connectivity index (χ0n) is 15.8. The van der Waals surface area contributed by atoms with Crippen molar-refractivity contribution in [3.05, 3.63) is 0 Å². The Morgan fingerprint density at radius 1 is 0.636 bits per heavy atom. The average Bonchev–Trinajstić information content (AvgIpc) is 2.49. The van der Waals surface area contributed by atoms with Crippen LogP contribution in [0.4, 0.5) is 0 Å². The molecule has 0 saturated carbocycles. The lowest BCUT2D eigenvalue weighted by atomic mass is 10.0. The van der Waals surface area contributed by atoms with E-state index in [0.717, 1.165) is 19.4 Å². The van der Waals surface area contributed by atoms with Crippen molar-refractivity contribution in [2.75, 3.05) is 20.6 Å². The van der Waals surface area contributed by atoms with Crippen molar-refractivity contribution in [3.63, 3.8) is 0 Å². The van der Waals surface area contributed by atoms with E-state index in [2.05, 4.69) is 25.9 Å². The Bertz CT molecular complexity index is 206. The molecule has 0 aromatic heterocycles. The number of aliphatic hydroxyl groups is 1. The van der Waals surface area contributed by atoms with E-state index in [9.17, 15) is 5.11 Å². The number of unbranched alkanes of at least 4 members (excludes halogenated alkanes) is 12. The quantitative estimate of drug-likeness (QED) is 0.344. The van der Waals surface area contributed by atoms with E-state index in [1.807, 2.05) is 0 Å². The van der Waals surface area contributed by atoms with E-state index in [-0.39, 0.29) is 6.10 Å². The predicted octanol–water partition coefficient (Wildman–Crippen LogP) is 5.78. The lowest BCUT2D eigenvalue weighted by Crippen LogP contribution is -2.19. The van der Waals surface area contributed by atoms with E-state index in [1.165, 1.54) is 83.5 Å². The Labute approximate surface area is 140 Å². The highest BCUT2D eigenvalue weighted by molar-refractivity contribution is 4.58. The third-order valence-corrected chi connectivity index (χ3v) is 4.55. The summed E-state index contributed by atoms with van der Waals surface area (Å²) in [6, 6.07) is 0. The third kappa shape index (κ3) is 18.0. The first kappa shape index (κ1) is 21.9. The van der Waals surface area contributed by atoms with Gasteiger partial charge in [-0.1, -0.05) is 90.4 Å². The van der Waals surface area contributed by atoms with Gasteiger partial charge < -0.3 is 10.0 Å². The first-order valence-corrected chi connectivity index (χ1v) is 9.99. The van der Waals surface area contributed by atoms with Gasteiger partial charge in [0.25, 0.3) is 0 Å². The minimum absolute atomic E-state index is 0.0879. The summed E-state index contributed by atoms with van der Waals surface area (Å²) in [7, 11) is 4.13.